The molecule has 2 aliphatic carbocycles. The number of carbonyl (C=O) groups excluding carboxylic acids is 1. The maximum Gasteiger partial charge on any atom is 0.260 e. The summed E-state index contributed by atoms with van der Waals surface area (Å²) in [5, 5.41) is 15.0. The standard InChI is InChI=1S/C26H39N7O/c1-5-29-24(34)20-15-30-25(31-19-10-9-17-13-28-14-18(17)11-19)33-23(20)32-22(27)8-6-7-16-12-21(16)26(2,3)4/h6-10,15-16,19,21,25,28,31-33H,5,11-14,27H2,1-4H3,(H,29,34)/p+1. The molecule has 184 valence electrons. The lowest BCUT2D eigenvalue weighted by molar-refractivity contribution is -0.563. The normalized spacial score (nSPS) is 29.0. The Morgan fingerprint density at radius 1 is 1.35 bits per heavy atom. The number of amides is 1. The summed E-state index contributed by atoms with van der Waals surface area (Å²) >= 11 is 0. The molecule has 1 amide bonds. The van der Waals surface area contributed by atoms with Crippen LogP contribution in [0.4, 0.5) is 0 Å². The third kappa shape index (κ3) is 6.05. The predicted molar refractivity (Wildman–Crippen MR) is 136 cm³/mol. The molecule has 0 aromatic carbocycles. The van der Waals surface area contributed by atoms with Crippen LogP contribution in [0.1, 0.15) is 40.5 Å². The number of carbonyl (C=O) groups is 1. The van der Waals surface area contributed by atoms with Gasteiger partial charge in [0.2, 0.25) is 11.6 Å². The molecule has 4 rings (SSSR count). The van der Waals surface area contributed by atoms with Gasteiger partial charge in [0, 0.05) is 38.0 Å². The predicted octanol–water partition coefficient (Wildman–Crippen LogP) is 0.712. The van der Waals surface area contributed by atoms with Crippen LogP contribution in [0.2, 0.25) is 0 Å². The minimum Gasteiger partial charge on any atom is -0.355 e. The van der Waals surface area contributed by atoms with Crippen molar-refractivity contribution in [2.75, 3.05) is 19.6 Å². The first-order valence-electron chi connectivity index (χ1n) is 12.4. The van der Waals surface area contributed by atoms with Gasteiger partial charge >= 0.3 is 0 Å². The van der Waals surface area contributed by atoms with Crippen LogP contribution in [0.15, 0.2) is 63.7 Å². The van der Waals surface area contributed by atoms with Crippen molar-refractivity contribution in [2.24, 2.45) is 28.0 Å². The Morgan fingerprint density at radius 2 is 2.18 bits per heavy atom. The van der Waals surface area contributed by atoms with Gasteiger partial charge in [-0.15, -0.1) is 0 Å². The van der Waals surface area contributed by atoms with Crippen molar-refractivity contribution >= 4 is 12.1 Å². The average molecular weight is 467 g/mol. The largest absolute Gasteiger partial charge is 0.355 e. The van der Waals surface area contributed by atoms with Gasteiger partial charge in [0.15, 0.2) is 6.29 Å². The zero-order valence-electron chi connectivity index (χ0n) is 20.8. The van der Waals surface area contributed by atoms with E-state index in [0.29, 0.717) is 35.1 Å². The summed E-state index contributed by atoms with van der Waals surface area (Å²) in [6.07, 6.45) is 14.1. The van der Waals surface area contributed by atoms with Crippen LogP contribution in [-0.2, 0) is 4.79 Å². The quantitative estimate of drug-likeness (QED) is 0.295. The highest BCUT2D eigenvalue weighted by Crippen LogP contribution is 2.51. The fourth-order valence-electron chi connectivity index (χ4n) is 4.92. The van der Waals surface area contributed by atoms with E-state index in [2.05, 4.69) is 65.3 Å². The lowest BCUT2D eigenvalue weighted by Gasteiger charge is -2.27. The van der Waals surface area contributed by atoms with Gasteiger partial charge in [0.25, 0.3) is 5.91 Å². The second kappa shape index (κ2) is 10.3. The molecule has 8 heteroatoms. The van der Waals surface area contributed by atoms with Crippen LogP contribution in [0.5, 0.6) is 0 Å². The number of hydrogen-bond donors (Lipinski definition) is 6. The molecule has 1 fully saturated rings. The van der Waals surface area contributed by atoms with E-state index >= 15 is 0 Å². The summed E-state index contributed by atoms with van der Waals surface area (Å²) in [5.74, 6) is 2.45. The molecule has 1 saturated carbocycles. The van der Waals surface area contributed by atoms with Crippen LogP contribution in [0.3, 0.4) is 0 Å². The van der Waals surface area contributed by atoms with E-state index in [9.17, 15) is 4.79 Å². The molecule has 0 saturated heterocycles. The molecule has 0 radical (unpaired) electrons. The minimum absolute atomic E-state index is 0.165. The Hall–Kier alpha value is -2.68. The van der Waals surface area contributed by atoms with Crippen LogP contribution < -0.4 is 32.3 Å². The smallest absolute Gasteiger partial charge is 0.260 e. The second-order valence-electron chi connectivity index (χ2n) is 10.6. The van der Waals surface area contributed by atoms with Gasteiger partial charge in [0.05, 0.1) is 0 Å². The van der Waals surface area contributed by atoms with E-state index in [0.717, 1.165) is 25.4 Å². The Bertz CT molecular complexity index is 980. The summed E-state index contributed by atoms with van der Waals surface area (Å²) < 4.78 is 0. The van der Waals surface area contributed by atoms with E-state index in [4.69, 9.17) is 5.73 Å². The van der Waals surface area contributed by atoms with Crippen LogP contribution >= 0.6 is 0 Å². The summed E-state index contributed by atoms with van der Waals surface area (Å²) in [7, 11) is 0. The topological polar surface area (TPSA) is 120 Å². The van der Waals surface area contributed by atoms with E-state index in [-0.39, 0.29) is 18.2 Å². The molecule has 4 aliphatic rings. The summed E-state index contributed by atoms with van der Waals surface area (Å²) in [6.45, 7) is 11.2. The SMILES string of the molecule is CCNC(=O)C1=C([NH2+]C(N)=CC=CC2CC2C(C)(C)C)NC(NC2C=CC3=C(CNC3)C2)N=C1. The van der Waals surface area contributed by atoms with Crippen molar-refractivity contribution in [1.82, 2.24) is 21.3 Å². The lowest BCUT2D eigenvalue weighted by atomic mass is 9.89. The maximum atomic E-state index is 12.6. The first-order valence-corrected chi connectivity index (χ1v) is 12.4. The molecule has 2 heterocycles. The van der Waals surface area contributed by atoms with Gasteiger partial charge in [-0.2, -0.15) is 0 Å². The Morgan fingerprint density at radius 3 is 2.91 bits per heavy atom. The molecule has 34 heavy (non-hydrogen) atoms. The Labute approximate surface area is 203 Å². The second-order valence-corrected chi connectivity index (χ2v) is 10.6. The van der Waals surface area contributed by atoms with Gasteiger partial charge < -0.3 is 21.7 Å². The number of quaternary nitrogens is 1. The highest BCUT2D eigenvalue weighted by Gasteiger charge is 2.43. The van der Waals surface area contributed by atoms with Crippen molar-refractivity contribution in [1.29, 1.82) is 0 Å². The molecular weight excluding hydrogens is 426 g/mol. The number of likely N-dealkylation sites (N-methyl/N-ethyl adjacent to an activating group) is 1. The van der Waals surface area contributed by atoms with Crippen LogP contribution in [-0.4, -0.2) is 44.1 Å². The van der Waals surface area contributed by atoms with Crippen LogP contribution in [0, 0.1) is 17.3 Å². The summed E-state index contributed by atoms with van der Waals surface area (Å²) in [6, 6.07) is 0.186. The number of allylic oxidation sites excluding steroid dienone is 3. The van der Waals surface area contributed by atoms with Crippen LogP contribution in [0.25, 0.3) is 0 Å². The number of nitrogens with one attached hydrogen (secondary N) is 4. The van der Waals surface area contributed by atoms with Crippen molar-refractivity contribution in [3.63, 3.8) is 0 Å². The van der Waals surface area contributed by atoms with E-state index in [1.807, 2.05) is 24.4 Å². The van der Waals surface area contributed by atoms with E-state index in [1.54, 1.807) is 6.21 Å². The van der Waals surface area contributed by atoms with Crippen molar-refractivity contribution in [2.45, 2.75) is 52.9 Å². The Kier molecular flexibility index (Phi) is 7.40. The third-order valence-electron chi connectivity index (χ3n) is 6.90. The van der Waals surface area contributed by atoms with Gasteiger partial charge in [-0.1, -0.05) is 50.6 Å². The molecule has 0 aromatic heterocycles. The molecule has 8 N–H and O–H groups in total. The maximum absolute atomic E-state index is 12.6. The molecule has 0 bridgehead atoms. The first-order chi connectivity index (χ1) is 16.2. The van der Waals surface area contributed by atoms with Gasteiger partial charge in [-0.05, 0) is 42.6 Å². The number of nitrogens with zero attached hydrogens (tertiary/aromatic N) is 1. The molecule has 0 aromatic rings. The Balaban J connectivity index is 1.39. The van der Waals surface area contributed by atoms with Gasteiger partial charge in [-0.25, -0.2) is 0 Å². The highest BCUT2D eigenvalue weighted by molar-refractivity contribution is 6.12. The summed E-state index contributed by atoms with van der Waals surface area (Å²) in [4.78, 5) is 17.2. The number of rotatable bonds is 8. The molecule has 0 spiro atoms. The first kappa shape index (κ1) is 24.4. The van der Waals surface area contributed by atoms with Gasteiger partial charge in [-0.3, -0.25) is 20.4 Å². The monoisotopic (exact) mass is 466 g/mol. The zero-order valence-corrected chi connectivity index (χ0v) is 20.8. The third-order valence-corrected chi connectivity index (χ3v) is 6.90. The van der Waals surface area contributed by atoms with Crippen molar-refractivity contribution in [3.8, 4) is 0 Å². The lowest BCUT2D eigenvalue weighted by Crippen LogP contribution is -2.86. The van der Waals surface area contributed by atoms with Gasteiger partial charge in [0.1, 0.15) is 5.57 Å². The molecule has 4 atom stereocenters. The number of hydrogen-bond acceptors (Lipinski definition) is 6. The fraction of sp³-hybridized carbons (Fsp3) is 0.538. The molecule has 4 unspecified atom stereocenters. The number of nitrogens with two attached hydrogens (primary N) is 2. The molecular formula is C26H40N7O+. The minimum atomic E-state index is -0.335. The number of aliphatic imine (C=N–C) groups is 1. The zero-order chi connectivity index (χ0) is 24.3. The van der Waals surface area contributed by atoms with E-state index < -0.39 is 0 Å². The average Bonchev–Trinajstić information content (AvgIpc) is 3.42. The molecule has 8 nitrogen and oxygen atoms in total. The fourth-order valence-corrected chi connectivity index (χ4v) is 4.92. The summed E-state index contributed by atoms with van der Waals surface area (Å²) in [5.41, 5.74) is 10.00. The molecule has 2 aliphatic heterocycles. The highest BCUT2D eigenvalue weighted by atomic mass is 16.1. The van der Waals surface area contributed by atoms with E-state index in [1.165, 1.54) is 17.6 Å². The van der Waals surface area contributed by atoms with Crippen molar-refractivity contribution in [3.05, 3.63) is 58.7 Å². The van der Waals surface area contributed by atoms with Crippen molar-refractivity contribution < 1.29 is 10.1 Å².